The summed E-state index contributed by atoms with van der Waals surface area (Å²) in [5.74, 6) is -1.28. The fourth-order valence-electron chi connectivity index (χ4n) is 12.9. The summed E-state index contributed by atoms with van der Waals surface area (Å²) in [5, 5.41) is 10.7. The van der Waals surface area contributed by atoms with Crippen LogP contribution in [0, 0.1) is 5.92 Å². The van der Waals surface area contributed by atoms with E-state index in [9.17, 15) is 43.2 Å². The van der Waals surface area contributed by atoms with Gasteiger partial charge < -0.3 is 33.8 Å². The van der Waals surface area contributed by atoms with Crippen LogP contribution in [-0.4, -0.2) is 96.7 Å². The molecule has 19 heteroatoms. The third-order valence-electron chi connectivity index (χ3n) is 19.5. The van der Waals surface area contributed by atoms with Crippen LogP contribution in [0.3, 0.4) is 0 Å². The highest BCUT2D eigenvalue weighted by molar-refractivity contribution is 7.47. The SMILES string of the molecule is CCCCCCCCCCCCCCCCCC(=O)OC[C@H](COP(=O)(O)OC[C@@H](O)COP(=O)(O)OC[C@@H](COC(=O)CCCCCCCCCCCCCCC)OC(=O)CCCCCCCCCCCCCCC)OC(=O)CCCCCCCCCCCCCCCCCCCCC(C)C. The second-order valence-corrected chi connectivity index (χ2v) is 33.3. The number of rotatable bonds is 83. The van der Waals surface area contributed by atoms with Crippen molar-refractivity contribution in [3.63, 3.8) is 0 Å². The number of ether oxygens (including phenoxy) is 4. The second kappa shape index (κ2) is 75.9. The van der Waals surface area contributed by atoms with Crippen LogP contribution in [-0.2, 0) is 65.4 Å². The third-order valence-corrected chi connectivity index (χ3v) is 21.4. The lowest BCUT2D eigenvalue weighted by Crippen LogP contribution is -2.30. The maximum absolute atomic E-state index is 13.1. The third kappa shape index (κ3) is 76.3. The standard InChI is InChI=1S/C83H162O17P2/c1-6-9-12-15-18-21-24-27-32-38-42-47-52-57-62-67-81(86)94-73-79(100-83(88)69-64-59-54-49-44-39-34-31-29-28-30-33-37-40-45-50-55-60-65-76(4)5)75-98-102(91,92)96-71-77(84)70-95-101(89,90)97-74-78(99-82(87)68-63-58-53-48-43-36-26-23-20-17-14-11-8-3)72-93-80(85)66-61-56-51-46-41-35-25-22-19-16-13-10-7-2/h76-79,84H,6-75H2,1-5H3,(H,89,90)(H,91,92)/t77-,78+,79+/m0/s1. The zero-order chi connectivity index (χ0) is 74.8. The Morgan fingerprint density at radius 2 is 0.451 bits per heavy atom. The van der Waals surface area contributed by atoms with Crippen molar-refractivity contribution in [3.8, 4) is 0 Å². The van der Waals surface area contributed by atoms with Gasteiger partial charge in [-0.05, 0) is 31.6 Å². The van der Waals surface area contributed by atoms with Crippen molar-refractivity contribution >= 4 is 39.5 Å². The number of carbonyl (C=O) groups is 4. The second-order valence-electron chi connectivity index (χ2n) is 30.3. The molecule has 0 fully saturated rings. The zero-order valence-corrected chi connectivity index (χ0v) is 68.5. The van der Waals surface area contributed by atoms with Crippen molar-refractivity contribution in [1.82, 2.24) is 0 Å². The fourth-order valence-corrected chi connectivity index (χ4v) is 14.5. The first-order chi connectivity index (χ1) is 49.5. The largest absolute Gasteiger partial charge is 0.472 e. The maximum Gasteiger partial charge on any atom is 0.472 e. The van der Waals surface area contributed by atoms with E-state index in [2.05, 4.69) is 34.6 Å². The van der Waals surface area contributed by atoms with Crippen LogP contribution in [0.25, 0.3) is 0 Å². The van der Waals surface area contributed by atoms with Crippen molar-refractivity contribution < 1.29 is 80.2 Å². The Morgan fingerprint density at radius 3 is 0.667 bits per heavy atom. The fraction of sp³-hybridized carbons (Fsp3) is 0.952. The predicted molar refractivity (Wildman–Crippen MR) is 418 cm³/mol. The summed E-state index contributed by atoms with van der Waals surface area (Å²) in [6.07, 6.45) is 67.8. The quantitative estimate of drug-likeness (QED) is 0.0222. The van der Waals surface area contributed by atoms with Gasteiger partial charge in [0.1, 0.15) is 19.3 Å². The first kappa shape index (κ1) is 100. The average Bonchev–Trinajstić information content (AvgIpc) is 0.917. The molecule has 0 aliphatic carbocycles. The number of hydrogen-bond donors (Lipinski definition) is 3. The lowest BCUT2D eigenvalue weighted by Gasteiger charge is -2.21. The normalized spacial score (nSPS) is 13.8. The zero-order valence-electron chi connectivity index (χ0n) is 66.8. The number of carbonyl (C=O) groups excluding carboxylic acids is 4. The molecule has 0 saturated heterocycles. The first-order valence-corrected chi connectivity index (χ1v) is 46.1. The van der Waals surface area contributed by atoms with E-state index in [-0.39, 0.29) is 25.7 Å². The number of hydrogen-bond acceptors (Lipinski definition) is 15. The summed E-state index contributed by atoms with van der Waals surface area (Å²) in [7, 11) is -9.92. The molecule has 0 saturated carbocycles. The number of phosphoric ester groups is 2. The van der Waals surface area contributed by atoms with Gasteiger partial charge in [0.2, 0.25) is 0 Å². The highest BCUT2D eigenvalue weighted by atomic mass is 31.2. The monoisotopic (exact) mass is 1490 g/mol. The number of phosphoric acid groups is 2. The van der Waals surface area contributed by atoms with Crippen LogP contribution < -0.4 is 0 Å². The van der Waals surface area contributed by atoms with E-state index in [0.717, 1.165) is 95.8 Å². The van der Waals surface area contributed by atoms with E-state index in [0.29, 0.717) is 25.7 Å². The van der Waals surface area contributed by atoms with E-state index >= 15 is 0 Å². The van der Waals surface area contributed by atoms with Gasteiger partial charge in [0.05, 0.1) is 26.4 Å². The van der Waals surface area contributed by atoms with Crippen molar-refractivity contribution in [2.24, 2.45) is 5.92 Å². The Bertz CT molecular complexity index is 1940. The van der Waals surface area contributed by atoms with Gasteiger partial charge in [-0.1, -0.05) is 394 Å². The van der Waals surface area contributed by atoms with E-state index in [1.807, 2.05) is 0 Å². The van der Waals surface area contributed by atoms with Gasteiger partial charge in [-0.15, -0.1) is 0 Å². The van der Waals surface area contributed by atoms with Gasteiger partial charge in [-0.2, -0.15) is 0 Å². The number of aliphatic hydroxyl groups excluding tert-OH is 1. The Balaban J connectivity index is 5.23. The van der Waals surface area contributed by atoms with Crippen molar-refractivity contribution in [2.45, 2.75) is 464 Å². The van der Waals surface area contributed by atoms with Crippen LogP contribution in [0.5, 0.6) is 0 Å². The van der Waals surface area contributed by atoms with E-state index in [1.165, 1.54) is 270 Å². The topological polar surface area (TPSA) is 237 Å². The van der Waals surface area contributed by atoms with E-state index in [1.54, 1.807) is 0 Å². The summed E-state index contributed by atoms with van der Waals surface area (Å²) in [4.78, 5) is 73.1. The van der Waals surface area contributed by atoms with Crippen molar-refractivity contribution in [2.75, 3.05) is 39.6 Å². The van der Waals surface area contributed by atoms with Gasteiger partial charge in [0, 0.05) is 25.7 Å². The molecule has 0 aliphatic heterocycles. The summed E-state index contributed by atoms with van der Waals surface area (Å²) >= 11 is 0. The van der Waals surface area contributed by atoms with Gasteiger partial charge in [-0.25, -0.2) is 9.13 Å². The molecule has 2 unspecified atom stereocenters. The molecule has 102 heavy (non-hydrogen) atoms. The Labute approximate surface area is 626 Å². The molecule has 0 aromatic heterocycles. The average molecular weight is 1490 g/mol. The van der Waals surface area contributed by atoms with Crippen molar-refractivity contribution in [1.29, 1.82) is 0 Å². The number of unbranched alkanes of at least 4 members (excludes halogenated alkanes) is 55. The predicted octanol–water partition coefficient (Wildman–Crippen LogP) is 25.2. The van der Waals surface area contributed by atoms with Crippen LogP contribution in [0.1, 0.15) is 446 Å². The number of esters is 4. The summed E-state index contributed by atoms with van der Waals surface area (Å²) in [6.45, 7) is 7.39. The molecular weight excluding hydrogens is 1330 g/mol. The van der Waals surface area contributed by atoms with Crippen LogP contribution in [0.15, 0.2) is 0 Å². The van der Waals surface area contributed by atoms with Crippen LogP contribution >= 0.6 is 15.6 Å². The van der Waals surface area contributed by atoms with Crippen LogP contribution in [0.4, 0.5) is 0 Å². The lowest BCUT2D eigenvalue weighted by atomic mass is 10.0. The number of aliphatic hydroxyl groups is 1. The Kier molecular flexibility index (Phi) is 74.4. The van der Waals surface area contributed by atoms with Gasteiger partial charge in [0.25, 0.3) is 0 Å². The molecule has 0 radical (unpaired) electrons. The molecule has 0 aromatic carbocycles. The minimum Gasteiger partial charge on any atom is -0.462 e. The molecule has 5 atom stereocenters. The van der Waals surface area contributed by atoms with E-state index in [4.69, 9.17) is 37.0 Å². The minimum atomic E-state index is -4.96. The molecule has 0 spiro atoms. The Morgan fingerprint density at radius 1 is 0.265 bits per heavy atom. The summed E-state index contributed by atoms with van der Waals surface area (Å²) < 4.78 is 68.8. The first-order valence-electron chi connectivity index (χ1n) is 43.1. The summed E-state index contributed by atoms with van der Waals surface area (Å²) in [6, 6.07) is 0. The summed E-state index contributed by atoms with van der Waals surface area (Å²) in [5.41, 5.74) is 0. The van der Waals surface area contributed by atoms with Gasteiger partial charge in [-0.3, -0.25) is 37.3 Å². The van der Waals surface area contributed by atoms with Crippen LogP contribution in [0.2, 0.25) is 0 Å². The molecule has 0 rings (SSSR count). The maximum atomic E-state index is 13.1. The minimum absolute atomic E-state index is 0.109. The molecule has 17 nitrogen and oxygen atoms in total. The molecule has 0 aliphatic rings. The highest BCUT2D eigenvalue weighted by Crippen LogP contribution is 2.45. The molecule has 3 N–H and O–H groups in total. The van der Waals surface area contributed by atoms with Gasteiger partial charge in [0.15, 0.2) is 12.2 Å². The lowest BCUT2D eigenvalue weighted by molar-refractivity contribution is -0.161. The molecule has 0 bridgehead atoms. The Hall–Kier alpha value is -1.94. The van der Waals surface area contributed by atoms with Crippen molar-refractivity contribution in [3.05, 3.63) is 0 Å². The smallest absolute Gasteiger partial charge is 0.462 e. The molecular formula is C83H162O17P2. The molecule has 606 valence electrons. The molecule has 0 heterocycles. The molecule has 0 aromatic rings. The highest BCUT2D eigenvalue weighted by Gasteiger charge is 2.30. The van der Waals surface area contributed by atoms with Gasteiger partial charge >= 0.3 is 39.5 Å². The van der Waals surface area contributed by atoms with E-state index < -0.39 is 97.5 Å². The molecule has 0 amide bonds.